The molecule has 2 N–H and O–H groups in total. The van der Waals surface area contributed by atoms with Crippen molar-refractivity contribution in [3.63, 3.8) is 0 Å². The maximum atomic E-state index is 14.4. The van der Waals surface area contributed by atoms with Gasteiger partial charge in [0.2, 0.25) is 0 Å². The number of methoxy groups -OCH3 is 1. The van der Waals surface area contributed by atoms with E-state index in [1.54, 1.807) is 25.3 Å². The number of aliphatic hydroxyl groups excluding tert-OH is 1. The van der Waals surface area contributed by atoms with Crippen LogP contribution in [0.3, 0.4) is 0 Å². The number of anilines is 2. The second-order valence-corrected chi connectivity index (χ2v) is 8.24. The molecule has 1 aliphatic rings. The highest BCUT2D eigenvalue weighted by Crippen LogP contribution is 2.35. The van der Waals surface area contributed by atoms with Crippen LogP contribution in [0.5, 0.6) is 5.75 Å². The van der Waals surface area contributed by atoms with Crippen molar-refractivity contribution in [1.82, 2.24) is 10.2 Å². The lowest BCUT2D eigenvalue weighted by atomic mass is 9.94. The predicted octanol–water partition coefficient (Wildman–Crippen LogP) is 5.18. The molecule has 0 atom stereocenters. The number of fused-ring (bicyclic) bond motifs is 1. The predicted molar refractivity (Wildman–Crippen MR) is 131 cm³/mol. The van der Waals surface area contributed by atoms with Crippen molar-refractivity contribution in [2.24, 2.45) is 0 Å². The summed E-state index contributed by atoms with van der Waals surface area (Å²) in [5.74, 6) is 1.80. The minimum atomic E-state index is -1.54. The van der Waals surface area contributed by atoms with Gasteiger partial charge in [-0.05, 0) is 23.8 Å². The first kappa shape index (κ1) is 24.8. The Hall–Kier alpha value is -2.86. The van der Waals surface area contributed by atoms with Crippen LogP contribution in [0.4, 0.5) is 21.7 Å². The van der Waals surface area contributed by atoms with Crippen LogP contribution >= 0.6 is 24.0 Å². The van der Waals surface area contributed by atoms with Crippen LogP contribution < -0.4 is 15.0 Å². The molecule has 1 saturated heterocycles. The maximum Gasteiger partial charge on any atom is 0.188 e. The van der Waals surface area contributed by atoms with Crippen LogP contribution in [0.1, 0.15) is 18.4 Å². The lowest BCUT2D eigenvalue weighted by Crippen LogP contribution is -2.44. The standard InChI is InChI=1S/C23H23ClFN5O2.ClH/c1-26-16-4-5-17-18(12-16)21(27-13-15-3-6-20(32-2)19(24)11-15)28-29-22(17)30-9-7-23(25,14-31)8-10-30;/h3-6,11-12,31H,7-10,13-14H2,2H3,(H,27,28);1H. The smallest absolute Gasteiger partial charge is 0.188 e. The average Bonchev–Trinajstić information content (AvgIpc) is 2.83. The number of rotatable bonds is 6. The third-order valence-electron chi connectivity index (χ3n) is 5.79. The number of aromatic nitrogens is 2. The molecular formula is C23H24Cl2FN5O2. The molecule has 7 nitrogen and oxygen atoms in total. The van der Waals surface area contributed by atoms with Gasteiger partial charge in [-0.1, -0.05) is 29.8 Å². The first-order valence-electron chi connectivity index (χ1n) is 10.3. The molecule has 2 heterocycles. The van der Waals surface area contributed by atoms with Crippen molar-refractivity contribution >= 4 is 52.1 Å². The first-order chi connectivity index (χ1) is 15.5. The SMILES string of the molecule is Cl.[C-]#[N+]c1ccc2c(N3CCC(F)(CO)CC3)nnc(NCc3ccc(OC)c(Cl)c3)c2c1. The molecule has 3 aromatic rings. The number of hydrogen-bond acceptors (Lipinski definition) is 6. The van der Waals surface area contributed by atoms with Gasteiger partial charge in [-0.2, -0.15) is 0 Å². The summed E-state index contributed by atoms with van der Waals surface area (Å²) in [5, 5.41) is 23.5. The summed E-state index contributed by atoms with van der Waals surface area (Å²) in [4.78, 5) is 5.51. The number of benzene rings is 2. The second kappa shape index (κ2) is 10.4. The van der Waals surface area contributed by atoms with Gasteiger partial charge < -0.3 is 20.1 Å². The van der Waals surface area contributed by atoms with Gasteiger partial charge in [-0.25, -0.2) is 9.24 Å². The number of aliphatic hydroxyl groups is 1. The van der Waals surface area contributed by atoms with Crippen LogP contribution in [0, 0.1) is 6.57 Å². The highest BCUT2D eigenvalue weighted by Gasteiger charge is 2.34. The summed E-state index contributed by atoms with van der Waals surface area (Å²) >= 11 is 6.22. The van der Waals surface area contributed by atoms with Crippen molar-refractivity contribution in [3.05, 3.63) is 58.4 Å². The summed E-state index contributed by atoms with van der Waals surface area (Å²) < 4.78 is 19.6. The Morgan fingerprint density at radius 2 is 1.97 bits per heavy atom. The van der Waals surface area contributed by atoms with E-state index in [1.807, 2.05) is 23.1 Å². The molecule has 33 heavy (non-hydrogen) atoms. The summed E-state index contributed by atoms with van der Waals surface area (Å²) in [6.45, 7) is 8.22. The largest absolute Gasteiger partial charge is 0.495 e. The monoisotopic (exact) mass is 491 g/mol. The Balaban J connectivity index is 0.00000306. The Bertz CT molecular complexity index is 1180. The molecule has 0 spiro atoms. The third-order valence-corrected chi connectivity index (χ3v) is 6.09. The van der Waals surface area contributed by atoms with E-state index in [9.17, 15) is 9.50 Å². The molecule has 2 aromatic carbocycles. The Kier molecular flexibility index (Phi) is 7.80. The van der Waals surface area contributed by atoms with E-state index < -0.39 is 12.3 Å². The molecule has 0 bridgehead atoms. The molecular weight excluding hydrogens is 468 g/mol. The highest BCUT2D eigenvalue weighted by atomic mass is 35.5. The molecule has 0 aliphatic carbocycles. The fourth-order valence-electron chi connectivity index (χ4n) is 3.84. The topological polar surface area (TPSA) is 74.9 Å². The van der Waals surface area contributed by atoms with E-state index >= 15 is 0 Å². The van der Waals surface area contributed by atoms with Gasteiger partial charge in [-0.3, -0.25) is 0 Å². The molecule has 4 rings (SSSR count). The minimum Gasteiger partial charge on any atom is -0.495 e. The Morgan fingerprint density at radius 3 is 2.61 bits per heavy atom. The van der Waals surface area contributed by atoms with E-state index in [0.29, 0.717) is 47.7 Å². The molecule has 0 unspecified atom stereocenters. The Labute approximate surface area is 202 Å². The van der Waals surface area contributed by atoms with E-state index in [4.69, 9.17) is 22.9 Å². The zero-order chi connectivity index (χ0) is 22.7. The summed E-state index contributed by atoms with van der Waals surface area (Å²) in [6.07, 6.45) is 0.454. The Morgan fingerprint density at radius 1 is 1.21 bits per heavy atom. The number of piperidine rings is 1. The fraction of sp³-hybridized carbons (Fsp3) is 0.348. The molecule has 10 heteroatoms. The number of halogens is 3. The number of hydrogen-bond donors (Lipinski definition) is 2. The van der Waals surface area contributed by atoms with Crippen molar-refractivity contribution in [2.45, 2.75) is 25.1 Å². The molecule has 1 fully saturated rings. The van der Waals surface area contributed by atoms with E-state index in [0.717, 1.165) is 16.3 Å². The number of ether oxygens (including phenoxy) is 1. The molecule has 174 valence electrons. The van der Waals surface area contributed by atoms with Gasteiger partial charge in [-0.15, -0.1) is 22.6 Å². The number of nitrogens with zero attached hydrogens (tertiary/aromatic N) is 4. The average molecular weight is 492 g/mol. The normalized spacial score (nSPS) is 14.9. The van der Waals surface area contributed by atoms with Gasteiger partial charge in [0, 0.05) is 43.2 Å². The van der Waals surface area contributed by atoms with Crippen LogP contribution in [-0.2, 0) is 6.54 Å². The van der Waals surface area contributed by atoms with Gasteiger partial charge >= 0.3 is 0 Å². The van der Waals surface area contributed by atoms with E-state index in [-0.39, 0.29) is 25.2 Å². The van der Waals surface area contributed by atoms with Gasteiger partial charge in [0.05, 0.1) is 25.3 Å². The molecule has 0 radical (unpaired) electrons. The molecule has 0 amide bonds. The summed E-state index contributed by atoms with van der Waals surface area (Å²) in [5.41, 5.74) is -0.109. The summed E-state index contributed by atoms with van der Waals surface area (Å²) in [6, 6.07) is 10.9. The molecule has 1 aromatic heterocycles. The van der Waals surface area contributed by atoms with Gasteiger partial charge in [0.1, 0.15) is 11.4 Å². The number of nitrogens with one attached hydrogen (secondary N) is 1. The maximum absolute atomic E-state index is 14.4. The summed E-state index contributed by atoms with van der Waals surface area (Å²) in [7, 11) is 1.57. The van der Waals surface area contributed by atoms with Crippen molar-refractivity contribution < 1.29 is 14.2 Å². The number of alkyl halides is 1. The second-order valence-electron chi connectivity index (χ2n) is 7.83. The third kappa shape index (κ3) is 5.22. The van der Waals surface area contributed by atoms with Gasteiger partial charge in [0.15, 0.2) is 17.3 Å². The van der Waals surface area contributed by atoms with Crippen LogP contribution in [0.25, 0.3) is 15.6 Å². The first-order valence-corrected chi connectivity index (χ1v) is 10.6. The minimum absolute atomic E-state index is 0. The van der Waals surface area contributed by atoms with E-state index in [1.165, 1.54) is 0 Å². The highest BCUT2D eigenvalue weighted by molar-refractivity contribution is 6.32. The zero-order valence-corrected chi connectivity index (χ0v) is 19.6. The van der Waals surface area contributed by atoms with Crippen LogP contribution in [0.2, 0.25) is 5.02 Å². The van der Waals surface area contributed by atoms with Crippen molar-refractivity contribution in [1.29, 1.82) is 0 Å². The zero-order valence-electron chi connectivity index (χ0n) is 18.0. The van der Waals surface area contributed by atoms with Crippen molar-refractivity contribution in [3.8, 4) is 5.75 Å². The molecule has 0 saturated carbocycles. The van der Waals surface area contributed by atoms with Gasteiger partial charge in [0.25, 0.3) is 0 Å². The lowest BCUT2D eigenvalue weighted by Gasteiger charge is -2.36. The van der Waals surface area contributed by atoms with Crippen molar-refractivity contribution in [2.75, 3.05) is 37.0 Å². The molecule has 1 aliphatic heterocycles. The van der Waals surface area contributed by atoms with E-state index in [2.05, 4.69) is 20.4 Å². The fourth-order valence-corrected chi connectivity index (χ4v) is 4.13. The van der Waals surface area contributed by atoms with Crippen LogP contribution in [-0.4, -0.2) is 47.8 Å². The lowest BCUT2D eigenvalue weighted by molar-refractivity contribution is 0.0480. The van der Waals surface area contributed by atoms with Crippen LogP contribution in [0.15, 0.2) is 36.4 Å². The quantitative estimate of drug-likeness (QED) is 0.462.